The van der Waals surface area contributed by atoms with Crippen LogP contribution in [0.2, 0.25) is 0 Å². The van der Waals surface area contributed by atoms with Gasteiger partial charge in [0.1, 0.15) is 17.3 Å². The summed E-state index contributed by atoms with van der Waals surface area (Å²) in [6.07, 6.45) is -1.26. The molecule has 13 heteroatoms. The number of rotatable bonds is 6. The Morgan fingerprint density at radius 2 is 2.00 bits per heavy atom. The van der Waals surface area contributed by atoms with Crippen molar-refractivity contribution in [2.24, 2.45) is 0 Å². The summed E-state index contributed by atoms with van der Waals surface area (Å²) in [7, 11) is 1.53. The minimum Gasteiger partial charge on any atom is -0.406 e. The summed E-state index contributed by atoms with van der Waals surface area (Å²) < 4.78 is 60.4. The van der Waals surface area contributed by atoms with Crippen LogP contribution in [0.5, 0.6) is 5.75 Å². The van der Waals surface area contributed by atoms with Gasteiger partial charge in [0.05, 0.1) is 12.2 Å². The lowest BCUT2D eigenvalue weighted by atomic mass is 9.91. The van der Waals surface area contributed by atoms with Gasteiger partial charge in [-0.3, -0.25) is 0 Å². The monoisotopic (exact) mass is 499 g/mol. The van der Waals surface area contributed by atoms with Gasteiger partial charge in [-0.2, -0.15) is 0 Å². The number of ether oxygens (including phenoxy) is 1. The number of hydrogen-bond acceptors (Lipinski definition) is 5. The molecule has 1 saturated heterocycles. The van der Waals surface area contributed by atoms with E-state index in [-0.39, 0.29) is 36.1 Å². The standard InChI is InChI=1S/C22H25F4N5O4/c1-27-20(32)30-11-14(19-6-7-29-35-19)8-16(12-30)31(15-3-4-15)21(33)28-10-13-2-5-17(9-18(13)23)34-22(24,25)26/h2,5-7,9,14-16H,3-4,8,10-12H2,1H3,(H,27,32)(H,28,33)/t14?,16-/m1/s1. The smallest absolute Gasteiger partial charge is 0.406 e. The van der Waals surface area contributed by atoms with Crippen LogP contribution in [0.15, 0.2) is 35.0 Å². The lowest BCUT2D eigenvalue weighted by molar-refractivity contribution is -0.274. The van der Waals surface area contributed by atoms with Crippen LogP contribution in [0, 0.1) is 5.82 Å². The molecule has 190 valence electrons. The van der Waals surface area contributed by atoms with Crippen LogP contribution >= 0.6 is 0 Å². The van der Waals surface area contributed by atoms with E-state index >= 15 is 0 Å². The molecule has 9 nitrogen and oxygen atoms in total. The van der Waals surface area contributed by atoms with E-state index in [0.717, 1.165) is 25.0 Å². The van der Waals surface area contributed by atoms with Crippen molar-refractivity contribution in [3.8, 4) is 5.75 Å². The molecule has 35 heavy (non-hydrogen) atoms. The van der Waals surface area contributed by atoms with Crippen molar-refractivity contribution in [3.05, 3.63) is 47.6 Å². The Balaban J connectivity index is 1.46. The second kappa shape index (κ2) is 10.0. The number of carbonyl (C=O) groups excluding carboxylic acids is 2. The summed E-state index contributed by atoms with van der Waals surface area (Å²) in [6, 6.07) is 3.40. The summed E-state index contributed by atoms with van der Waals surface area (Å²) in [5.41, 5.74) is 0.0128. The third kappa shape index (κ3) is 6.14. The Kier molecular flexibility index (Phi) is 7.03. The maximum atomic E-state index is 14.3. The van der Waals surface area contributed by atoms with Gasteiger partial charge in [-0.25, -0.2) is 14.0 Å². The van der Waals surface area contributed by atoms with Crippen LogP contribution in [0.25, 0.3) is 0 Å². The number of hydrogen-bond donors (Lipinski definition) is 2. The fourth-order valence-electron chi connectivity index (χ4n) is 4.35. The zero-order valence-electron chi connectivity index (χ0n) is 18.8. The number of likely N-dealkylation sites (tertiary alicyclic amines) is 1. The number of nitrogens with zero attached hydrogens (tertiary/aromatic N) is 3. The average Bonchev–Trinajstić information content (AvgIpc) is 3.47. The van der Waals surface area contributed by atoms with Crippen LogP contribution in [0.1, 0.15) is 36.5 Å². The molecule has 4 amide bonds. The number of halogens is 4. The van der Waals surface area contributed by atoms with Crippen molar-refractivity contribution in [1.82, 2.24) is 25.6 Å². The molecule has 2 N–H and O–H groups in total. The summed E-state index contributed by atoms with van der Waals surface area (Å²) in [5.74, 6) is -1.16. The number of aromatic nitrogens is 1. The van der Waals surface area contributed by atoms with Crippen LogP contribution in [0.3, 0.4) is 0 Å². The van der Waals surface area contributed by atoms with E-state index in [1.165, 1.54) is 13.2 Å². The molecule has 1 aromatic carbocycles. The lowest BCUT2D eigenvalue weighted by Crippen LogP contribution is -2.57. The van der Waals surface area contributed by atoms with Crippen LogP contribution in [-0.2, 0) is 6.54 Å². The number of piperidine rings is 1. The van der Waals surface area contributed by atoms with E-state index in [4.69, 9.17) is 4.52 Å². The highest BCUT2D eigenvalue weighted by molar-refractivity contribution is 5.76. The molecule has 2 aliphatic rings. The Morgan fingerprint density at radius 1 is 1.23 bits per heavy atom. The van der Waals surface area contributed by atoms with Crippen molar-refractivity contribution in [2.75, 3.05) is 20.1 Å². The Morgan fingerprint density at radius 3 is 2.60 bits per heavy atom. The minimum absolute atomic E-state index is 0.0128. The molecule has 1 aliphatic carbocycles. The fourth-order valence-corrected chi connectivity index (χ4v) is 4.35. The normalized spacial score (nSPS) is 20.3. The number of carbonyl (C=O) groups is 2. The topological polar surface area (TPSA) is 99.9 Å². The van der Waals surface area contributed by atoms with Crippen molar-refractivity contribution in [1.29, 1.82) is 0 Å². The highest BCUT2D eigenvalue weighted by atomic mass is 19.4. The highest BCUT2D eigenvalue weighted by Gasteiger charge is 2.42. The van der Waals surface area contributed by atoms with E-state index in [1.54, 1.807) is 15.9 Å². The van der Waals surface area contributed by atoms with Gasteiger partial charge in [-0.05, 0) is 25.3 Å². The van der Waals surface area contributed by atoms with Gasteiger partial charge in [0.25, 0.3) is 0 Å². The van der Waals surface area contributed by atoms with Gasteiger partial charge in [0.15, 0.2) is 0 Å². The van der Waals surface area contributed by atoms with E-state index in [0.29, 0.717) is 31.3 Å². The fraction of sp³-hybridized carbons (Fsp3) is 0.500. The minimum atomic E-state index is -4.93. The second-order valence-corrected chi connectivity index (χ2v) is 8.56. The Hall–Kier alpha value is -3.51. The molecule has 0 spiro atoms. The predicted molar refractivity (Wildman–Crippen MR) is 114 cm³/mol. The SMILES string of the molecule is CNC(=O)N1CC(c2ccno2)C[C@@H](N(C(=O)NCc2ccc(OC(F)(F)F)cc2F)C2CC2)C1. The molecule has 0 radical (unpaired) electrons. The molecule has 2 fully saturated rings. The van der Waals surface area contributed by atoms with Crippen molar-refractivity contribution in [3.63, 3.8) is 0 Å². The first-order valence-corrected chi connectivity index (χ1v) is 11.1. The van der Waals surface area contributed by atoms with Crippen LogP contribution < -0.4 is 15.4 Å². The first-order valence-electron chi connectivity index (χ1n) is 11.1. The first-order chi connectivity index (χ1) is 16.6. The van der Waals surface area contributed by atoms with Gasteiger partial charge in [0.2, 0.25) is 0 Å². The molecular weight excluding hydrogens is 474 g/mol. The molecule has 2 heterocycles. The molecule has 1 unspecified atom stereocenters. The molecule has 4 rings (SSSR count). The maximum Gasteiger partial charge on any atom is 0.573 e. The lowest BCUT2D eigenvalue weighted by Gasteiger charge is -2.42. The van der Waals surface area contributed by atoms with Crippen molar-refractivity contribution >= 4 is 12.1 Å². The van der Waals surface area contributed by atoms with Gasteiger partial charge >= 0.3 is 18.4 Å². The summed E-state index contributed by atoms with van der Waals surface area (Å²) >= 11 is 0. The summed E-state index contributed by atoms with van der Waals surface area (Å²) in [4.78, 5) is 28.9. The summed E-state index contributed by atoms with van der Waals surface area (Å²) in [5, 5.41) is 9.01. The number of benzene rings is 1. The Labute approximate surface area is 198 Å². The quantitative estimate of drug-likeness (QED) is 0.592. The van der Waals surface area contributed by atoms with Gasteiger partial charge < -0.3 is 29.7 Å². The first kappa shape index (κ1) is 24.6. The zero-order chi connectivity index (χ0) is 25.2. The number of alkyl halides is 3. The zero-order valence-corrected chi connectivity index (χ0v) is 18.8. The number of amides is 4. The van der Waals surface area contributed by atoms with E-state index < -0.39 is 24.0 Å². The number of urea groups is 2. The molecule has 2 aromatic rings. The highest BCUT2D eigenvalue weighted by Crippen LogP contribution is 2.35. The van der Waals surface area contributed by atoms with Gasteiger partial charge in [-0.1, -0.05) is 11.2 Å². The number of nitrogens with one attached hydrogen (secondary N) is 2. The van der Waals surface area contributed by atoms with Crippen LogP contribution in [0.4, 0.5) is 27.2 Å². The molecular formula is C22H25F4N5O4. The van der Waals surface area contributed by atoms with E-state index in [1.807, 2.05) is 0 Å². The van der Waals surface area contributed by atoms with Gasteiger partial charge in [-0.15, -0.1) is 13.2 Å². The molecule has 1 saturated carbocycles. The molecule has 1 aromatic heterocycles. The predicted octanol–water partition coefficient (Wildman–Crippen LogP) is 3.58. The second-order valence-electron chi connectivity index (χ2n) is 8.56. The molecule has 1 aliphatic heterocycles. The average molecular weight is 499 g/mol. The third-order valence-corrected chi connectivity index (χ3v) is 6.05. The Bertz CT molecular complexity index is 1040. The third-order valence-electron chi connectivity index (χ3n) is 6.05. The van der Waals surface area contributed by atoms with Crippen molar-refractivity contribution < 1.29 is 36.4 Å². The van der Waals surface area contributed by atoms with E-state index in [9.17, 15) is 27.2 Å². The van der Waals surface area contributed by atoms with Crippen LogP contribution in [-0.4, -0.2) is 65.6 Å². The van der Waals surface area contributed by atoms with Crippen molar-refractivity contribution in [2.45, 2.75) is 50.2 Å². The van der Waals surface area contributed by atoms with E-state index in [2.05, 4.69) is 20.5 Å². The van der Waals surface area contributed by atoms with Gasteiger partial charge in [0, 0.05) is 56.3 Å². The summed E-state index contributed by atoms with van der Waals surface area (Å²) in [6.45, 7) is 0.493. The molecule has 0 bridgehead atoms. The molecule has 2 atom stereocenters. The largest absolute Gasteiger partial charge is 0.573 e. The maximum absolute atomic E-state index is 14.3.